The number of hydrogen-bond acceptors (Lipinski definition) is 2. The van der Waals surface area contributed by atoms with E-state index in [-0.39, 0.29) is 0 Å². The van der Waals surface area contributed by atoms with Crippen molar-refractivity contribution in [3.8, 4) is 6.07 Å². The van der Waals surface area contributed by atoms with Gasteiger partial charge in [0.25, 0.3) is 0 Å². The molecule has 0 aliphatic heterocycles. The molecule has 68 valence electrons. The number of hydrogen-bond donors (Lipinski definition) is 1. The Labute approximate surface area is 83.1 Å². The molecule has 0 saturated heterocycles. The van der Waals surface area contributed by atoms with Crippen LogP contribution in [0.1, 0.15) is 19.4 Å². The van der Waals surface area contributed by atoms with Crippen LogP contribution < -0.4 is 5.32 Å². The van der Waals surface area contributed by atoms with Crippen LogP contribution in [0, 0.1) is 11.3 Å². The minimum atomic E-state index is 0.312. The number of nitrogens with zero attached hydrogens (tertiary/aromatic N) is 1. The maximum Gasteiger partial charge on any atom is 0.101 e. The molecule has 0 atom stereocenters. The topological polar surface area (TPSA) is 35.8 Å². The zero-order valence-corrected chi connectivity index (χ0v) is 8.39. The van der Waals surface area contributed by atoms with Crippen LogP contribution in [0.2, 0.25) is 5.02 Å². The second-order valence-electron chi connectivity index (χ2n) is 3.08. The maximum atomic E-state index is 8.71. The molecule has 0 aromatic heterocycles. The summed E-state index contributed by atoms with van der Waals surface area (Å²) in [7, 11) is 0. The van der Waals surface area contributed by atoms with E-state index < -0.39 is 0 Å². The van der Waals surface area contributed by atoms with Crippen LogP contribution in [0.5, 0.6) is 0 Å². The smallest absolute Gasteiger partial charge is 0.101 e. The third-order valence-electron chi connectivity index (χ3n) is 1.56. The lowest BCUT2D eigenvalue weighted by Gasteiger charge is -2.11. The number of nitrogens with one attached hydrogen (secondary N) is 1. The number of halogens is 1. The van der Waals surface area contributed by atoms with E-state index in [0.717, 1.165) is 5.69 Å². The Morgan fingerprint density at radius 3 is 2.69 bits per heavy atom. The summed E-state index contributed by atoms with van der Waals surface area (Å²) < 4.78 is 0. The number of anilines is 1. The summed E-state index contributed by atoms with van der Waals surface area (Å²) in [6.45, 7) is 4.05. The molecule has 0 aliphatic rings. The maximum absolute atomic E-state index is 8.71. The Kier molecular flexibility index (Phi) is 3.16. The first-order valence-electron chi connectivity index (χ1n) is 4.10. The van der Waals surface area contributed by atoms with Crippen molar-refractivity contribution in [1.82, 2.24) is 0 Å². The largest absolute Gasteiger partial charge is 0.382 e. The fourth-order valence-electron chi connectivity index (χ4n) is 1.04. The standard InChI is InChI=1S/C10H11ClN2/c1-7(2)13-9-5-3-4-8(6-12)10(9)11/h3-5,7,13H,1-2H3. The molecule has 0 heterocycles. The van der Waals surface area contributed by atoms with Crippen molar-refractivity contribution < 1.29 is 0 Å². The molecule has 1 N–H and O–H groups in total. The summed E-state index contributed by atoms with van der Waals surface area (Å²) in [6.07, 6.45) is 0. The van der Waals surface area contributed by atoms with Crippen molar-refractivity contribution in [2.24, 2.45) is 0 Å². The molecule has 0 bridgehead atoms. The van der Waals surface area contributed by atoms with Crippen LogP contribution in [0.25, 0.3) is 0 Å². The lowest BCUT2D eigenvalue weighted by molar-refractivity contribution is 0.900. The molecule has 0 aliphatic carbocycles. The highest BCUT2D eigenvalue weighted by Gasteiger charge is 2.05. The molecular weight excluding hydrogens is 184 g/mol. The number of nitriles is 1. The first kappa shape index (κ1) is 9.88. The van der Waals surface area contributed by atoms with Crippen molar-refractivity contribution in [2.45, 2.75) is 19.9 Å². The van der Waals surface area contributed by atoms with Crippen molar-refractivity contribution in [3.63, 3.8) is 0 Å². The Hall–Kier alpha value is -1.20. The molecule has 0 radical (unpaired) electrons. The molecule has 0 spiro atoms. The Bertz CT molecular complexity index is 339. The van der Waals surface area contributed by atoms with Crippen LogP contribution in [0.4, 0.5) is 5.69 Å². The fraction of sp³-hybridized carbons (Fsp3) is 0.300. The highest BCUT2D eigenvalue weighted by Crippen LogP contribution is 2.25. The van der Waals surface area contributed by atoms with Gasteiger partial charge in [-0.2, -0.15) is 5.26 Å². The average Bonchev–Trinajstić information content (AvgIpc) is 2.08. The predicted molar refractivity (Wildman–Crippen MR) is 54.9 cm³/mol. The molecule has 1 aromatic rings. The minimum Gasteiger partial charge on any atom is -0.382 e. The highest BCUT2D eigenvalue weighted by molar-refractivity contribution is 6.34. The predicted octanol–water partition coefficient (Wildman–Crippen LogP) is 3.03. The van der Waals surface area contributed by atoms with Gasteiger partial charge in [0.1, 0.15) is 6.07 Å². The third kappa shape index (κ3) is 2.37. The van der Waals surface area contributed by atoms with E-state index in [1.165, 1.54) is 0 Å². The summed E-state index contributed by atoms with van der Waals surface area (Å²) in [6, 6.07) is 7.73. The van der Waals surface area contributed by atoms with Gasteiger partial charge in [0.15, 0.2) is 0 Å². The molecule has 1 rings (SSSR count). The van der Waals surface area contributed by atoms with Crippen molar-refractivity contribution in [1.29, 1.82) is 5.26 Å². The summed E-state index contributed by atoms with van der Waals surface area (Å²) >= 11 is 5.97. The average molecular weight is 195 g/mol. The van der Waals surface area contributed by atoms with Crippen LogP contribution in [-0.4, -0.2) is 6.04 Å². The van der Waals surface area contributed by atoms with Gasteiger partial charge in [-0.25, -0.2) is 0 Å². The van der Waals surface area contributed by atoms with Gasteiger partial charge < -0.3 is 5.32 Å². The number of benzene rings is 1. The first-order chi connectivity index (χ1) is 6.15. The zero-order chi connectivity index (χ0) is 9.84. The van der Waals surface area contributed by atoms with E-state index in [0.29, 0.717) is 16.6 Å². The van der Waals surface area contributed by atoms with Gasteiger partial charge >= 0.3 is 0 Å². The Balaban J connectivity index is 3.03. The van der Waals surface area contributed by atoms with E-state index in [4.69, 9.17) is 16.9 Å². The molecule has 0 saturated carbocycles. The van der Waals surface area contributed by atoms with Gasteiger partial charge in [0.05, 0.1) is 16.3 Å². The monoisotopic (exact) mass is 194 g/mol. The van der Waals surface area contributed by atoms with E-state index in [2.05, 4.69) is 5.32 Å². The Morgan fingerprint density at radius 2 is 2.15 bits per heavy atom. The summed E-state index contributed by atoms with van der Waals surface area (Å²) in [4.78, 5) is 0. The zero-order valence-electron chi connectivity index (χ0n) is 7.63. The lowest BCUT2D eigenvalue weighted by Crippen LogP contribution is -2.10. The molecule has 13 heavy (non-hydrogen) atoms. The highest BCUT2D eigenvalue weighted by atomic mass is 35.5. The van der Waals surface area contributed by atoms with E-state index in [9.17, 15) is 0 Å². The number of rotatable bonds is 2. The SMILES string of the molecule is CC(C)Nc1cccc(C#N)c1Cl. The van der Waals surface area contributed by atoms with Crippen molar-refractivity contribution in [3.05, 3.63) is 28.8 Å². The van der Waals surface area contributed by atoms with Crippen LogP contribution in [-0.2, 0) is 0 Å². The second kappa shape index (κ2) is 4.15. The van der Waals surface area contributed by atoms with Gasteiger partial charge in [0, 0.05) is 6.04 Å². The van der Waals surface area contributed by atoms with E-state index in [1.54, 1.807) is 6.07 Å². The third-order valence-corrected chi connectivity index (χ3v) is 1.97. The molecule has 0 unspecified atom stereocenters. The van der Waals surface area contributed by atoms with E-state index in [1.807, 2.05) is 32.0 Å². The first-order valence-corrected chi connectivity index (χ1v) is 4.48. The molecule has 3 heteroatoms. The molecule has 0 amide bonds. The fourth-order valence-corrected chi connectivity index (χ4v) is 1.26. The van der Waals surface area contributed by atoms with Gasteiger partial charge in [0.2, 0.25) is 0 Å². The van der Waals surface area contributed by atoms with Crippen molar-refractivity contribution in [2.75, 3.05) is 5.32 Å². The van der Waals surface area contributed by atoms with Crippen molar-refractivity contribution >= 4 is 17.3 Å². The molecule has 2 nitrogen and oxygen atoms in total. The summed E-state index contributed by atoms with van der Waals surface area (Å²) in [5, 5.41) is 12.4. The second-order valence-corrected chi connectivity index (χ2v) is 3.46. The minimum absolute atomic E-state index is 0.312. The van der Waals surface area contributed by atoms with Crippen LogP contribution in [0.15, 0.2) is 18.2 Å². The summed E-state index contributed by atoms with van der Waals surface area (Å²) in [5.41, 5.74) is 1.32. The van der Waals surface area contributed by atoms with Gasteiger partial charge in [-0.3, -0.25) is 0 Å². The Morgan fingerprint density at radius 1 is 1.46 bits per heavy atom. The summed E-state index contributed by atoms with van der Waals surface area (Å²) in [5.74, 6) is 0. The van der Waals surface area contributed by atoms with Gasteiger partial charge in [-0.1, -0.05) is 17.7 Å². The quantitative estimate of drug-likeness (QED) is 0.786. The lowest BCUT2D eigenvalue weighted by atomic mass is 10.2. The van der Waals surface area contributed by atoms with Gasteiger partial charge in [-0.15, -0.1) is 0 Å². The van der Waals surface area contributed by atoms with Crippen LogP contribution >= 0.6 is 11.6 Å². The molecule has 1 aromatic carbocycles. The van der Waals surface area contributed by atoms with Crippen LogP contribution in [0.3, 0.4) is 0 Å². The molecular formula is C10H11ClN2. The molecule has 0 fully saturated rings. The van der Waals surface area contributed by atoms with E-state index >= 15 is 0 Å². The van der Waals surface area contributed by atoms with Gasteiger partial charge in [-0.05, 0) is 26.0 Å². The normalized spacial score (nSPS) is 9.77.